The average Bonchev–Trinajstić information content (AvgIpc) is 2.63. The molecule has 0 amide bonds. The van der Waals surface area contributed by atoms with E-state index in [1.807, 2.05) is 0 Å². The van der Waals surface area contributed by atoms with Crippen LogP contribution in [0.1, 0.15) is 59.8 Å². The molecule has 1 heteroatoms. The van der Waals surface area contributed by atoms with Gasteiger partial charge in [0.05, 0.1) is 0 Å². The van der Waals surface area contributed by atoms with Crippen molar-refractivity contribution in [2.24, 2.45) is 23.2 Å². The summed E-state index contributed by atoms with van der Waals surface area (Å²) in [4.78, 5) is 0. The van der Waals surface area contributed by atoms with Crippen LogP contribution in [0.15, 0.2) is 0 Å². The smallest absolute Gasteiger partial charge is 0.00701 e. The van der Waals surface area contributed by atoms with Crippen LogP contribution < -0.4 is 5.32 Å². The predicted molar refractivity (Wildman–Crippen MR) is 70.5 cm³/mol. The highest BCUT2D eigenvalue weighted by molar-refractivity contribution is 4.89. The zero-order valence-electron chi connectivity index (χ0n) is 11.6. The first-order valence-corrected chi connectivity index (χ1v) is 7.22. The molecule has 2 aliphatic rings. The fourth-order valence-electron chi connectivity index (χ4n) is 3.94. The summed E-state index contributed by atoms with van der Waals surface area (Å²) in [6, 6.07) is 0.774. The van der Waals surface area contributed by atoms with E-state index in [0.717, 1.165) is 23.8 Å². The molecule has 94 valence electrons. The molecule has 2 fully saturated rings. The lowest BCUT2D eigenvalue weighted by Gasteiger charge is -2.39. The summed E-state index contributed by atoms with van der Waals surface area (Å²) >= 11 is 0. The van der Waals surface area contributed by atoms with Crippen LogP contribution in [0.4, 0.5) is 0 Å². The molecule has 1 aliphatic heterocycles. The van der Waals surface area contributed by atoms with Crippen molar-refractivity contribution in [1.29, 1.82) is 0 Å². The molecule has 2 unspecified atom stereocenters. The second-order valence-electron chi connectivity index (χ2n) is 7.17. The van der Waals surface area contributed by atoms with Crippen molar-refractivity contribution in [1.82, 2.24) is 5.32 Å². The van der Waals surface area contributed by atoms with E-state index in [9.17, 15) is 0 Å². The Kier molecular flexibility index (Phi) is 3.63. The minimum atomic E-state index is 0.532. The average molecular weight is 223 g/mol. The fraction of sp³-hybridized carbons (Fsp3) is 1.00. The summed E-state index contributed by atoms with van der Waals surface area (Å²) in [6.07, 6.45) is 7.33. The third-order valence-electron chi connectivity index (χ3n) is 5.19. The quantitative estimate of drug-likeness (QED) is 0.712. The molecular weight excluding hydrogens is 194 g/mol. The standard InChI is InChI=1S/C15H29N/c1-11-14(9-10-16-11)12-5-7-13(8-6-12)15(2,3)4/h11-14,16H,5-10H2,1-4H3. The Bertz CT molecular complexity index is 220. The third kappa shape index (κ3) is 2.61. The molecule has 1 heterocycles. The molecule has 0 aromatic heterocycles. The van der Waals surface area contributed by atoms with Crippen molar-refractivity contribution in [3.05, 3.63) is 0 Å². The molecule has 2 atom stereocenters. The van der Waals surface area contributed by atoms with E-state index in [2.05, 4.69) is 33.0 Å². The van der Waals surface area contributed by atoms with Crippen LogP contribution in [0, 0.1) is 23.2 Å². The van der Waals surface area contributed by atoms with Crippen molar-refractivity contribution in [3.8, 4) is 0 Å². The van der Waals surface area contributed by atoms with Crippen molar-refractivity contribution < 1.29 is 0 Å². The van der Waals surface area contributed by atoms with Crippen molar-refractivity contribution >= 4 is 0 Å². The van der Waals surface area contributed by atoms with Crippen LogP contribution in [-0.4, -0.2) is 12.6 Å². The van der Waals surface area contributed by atoms with Crippen LogP contribution >= 0.6 is 0 Å². The van der Waals surface area contributed by atoms with E-state index in [1.165, 1.54) is 38.6 Å². The number of hydrogen-bond donors (Lipinski definition) is 1. The lowest BCUT2D eigenvalue weighted by Crippen LogP contribution is -2.32. The maximum absolute atomic E-state index is 3.61. The molecule has 1 nitrogen and oxygen atoms in total. The Balaban J connectivity index is 1.85. The monoisotopic (exact) mass is 223 g/mol. The first-order valence-electron chi connectivity index (χ1n) is 7.22. The largest absolute Gasteiger partial charge is 0.314 e. The molecule has 16 heavy (non-hydrogen) atoms. The van der Waals surface area contributed by atoms with Crippen LogP contribution in [0.25, 0.3) is 0 Å². The summed E-state index contributed by atoms with van der Waals surface area (Å²) < 4.78 is 0. The Hall–Kier alpha value is -0.0400. The van der Waals surface area contributed by atoms with Crippen LogP contribution in [0.5, 0.6) is 0 Å². The first-order chi connectivity index (χ1) is 7.48. The van der Waals surface area contributed by atoms with Crippen LogP contribution in [0.2, 0.25) is 0 Å². The van der Waals surface area contributed by atoms with Crippen LogP contribution in [0.3, 0.4) is 0 Å². The van der Waals surface area contributed by atoms with Gasteiger partial charge in [0, 0.05) is 6.04 Å². The lowest BCUT2D eigenvalue weighted by molar-refractivity contribution is 0.121. The second-order valence-corrected chi connectivity index (χ2v) is 7.17. The molecule has 0 radical (unpaired) electrons. The first kappa shape index (κ1) is 12.4. The highest BCUT2D eigenvalue weighted by atomic mass is 14.9. The zero-order valence-corrected chi connectivity index (χ0v) is 11.6. The fourth-order valence-corrected chi connectivity index (χ4v) is 3.94. The van der Waals surface area contributed by atoms with Crippen molar-refractivity contribution in [2.45, 2.75) is 65.8 Å². The van der Waals surface area contributed by atoms with Gasteiger partial charge in [0.1, 0.15) is 0 Å². The molecule has 1 saturated heterocycles. The van der Waals surface area contributed by atoms with Crippen LogP contribution in [-0.2, 0) is 0 Å². The van der Waals surface area contributed by atoms with Gasteiger partial charge in [0.15, 0.2) is 0 Å². The van der Waals surface area contributed by atoms with Gasteiger partial charge in [0.2, 0.25) is 0 Å². The lowest BCUT2D eigenvalue weighted by atomic mass is 9.66. The van der Waals surface area contributed by atoms with Gasteiger partial charge in [-0.05, 0) is 68.7 Å². The van der Waals surface area contributed by atoms with Crippen molar-refractivity contribution in [2.75, 3.05) is 6.54 Å². The van der Waals surface area contributed by atoms with Gasteiger partial charge in [0.25, 0.3) is 0 Å². The predicted octanol–water partition coefficient (Wildman–Crippen LogP) is 3.84. The summed E-state index contributed by atoms with van der Waals surface area (Å²) in [7, 11) is 0. The Morgan fingerprint density at radius 1 is 0.938 bits per heavy atom. The minimum Gasteiger partial charge on any atom is -0.314 e. The normalized spacial score (nSPS) is 41.2. The molecular formula is C15H29N. The zero-order chi connectivity index (χ0) is 11.8. The third-order valence-corrected chi connectivity index (χ3v) is 5.19. The number of hydrogen-bond acceptors (Lipinski definition) is 1. The Labute approximate surface area is 101 Å². The molecule has 0 spiro atoms. The molecule has 1 N–H and O–H groups in total. The molecule has 1 saturated carbocycles. The molecule has 1 aliphatic carbocycles. The molecule has 0 aromatic carbocycles. The molecule has 0 bridgehead atoms. The minimum absolute atomic E-state index is 0.532. The van der Waals surface area contributed by atoms with Gasteiger partial charge in [-0.2, -0.15) is 0 Å². The highest BCUT2D eigenvalue weighted by Crippen LogP contribution is 2.43. The highest BCUT2D eigenvalue weighted by Gasteiger charge is 2.36. The van der Waals surface area contributed by atoms with Crippen molar-refractivity contribution in [3.63, 3.8) is 0 Å². The van der Waals surface area contributed by atoms with Gasteiger partial charge < -0.3 is 5.32 Å². The molecule has 2 rings (SSSR count). The van der Waals surface area contributed by atoms with E-state index < -0.39 is 0 Å². The summed E-state index contributed by atoms with van der Waals surface area (Å²) in [5, 5.41) is 3.61. The topological polar surface area (TPSA) is 12.0 Å². The van der Waals surface area contributed by atoms with Gasteiger partial charge in [-0.1, -0.05) is 20.8 Å². The SMILES string of the molecule is CC1NCCC1C1CCC(C(C)(C)C)CC1. The summed E-state index contributed by atoms with van der Waals surface area (Å²) in [6.45, 7) is 10.9. The van der Waals surface area contributed by atoms with Gasteiger partial charge in [-0.3, -0.25) is 0 Å². The second kappa shape index (κ2) is 4.68. The van der Waals surface area contributed by atoms with E-state index >= 15 is 0 Å². The summed E-state index contributed by atoms with van der Waals surface area (Å²) in [5.74, 6) is 2.96. The number of rotatable bonds is 1. The van der Waals surface area contributed by atoms with E-state index in [1.54, 1.807) is 0 Å². The van der Waals surface area contributed by atoms with E-state index in [-0.39, 0.29) is 0 Å². The Morgan fingerprint density at radius 3 is 2.00 bits per heavy atom. The van der Waals surface area contributed by atoms with Gasteiger partial charge in [-0.15, -0.1) is 0 Å². The maximum Gasteiger partial charge on any atom is 0.00701 e. The van der Waals surface area contributed by atoms with E-state index in [0.29, 0.717) is 5.41 Å². The summed E-state index contributed by atoms with van der Waals surface area (Å²) in [5.41, 5.74) is 0.532. The molecule has 0 aromatic rings. The number of nitrogens with one attached hydrogen (secondary N) is 1. The van der Waals surface area contributed by atoms with Gasteiger partial charge >= 0.3 is 0 Å². The maximum atomic E-state index is 3.61. The van der Waals surface area contributed by atoms with E-state index in [4.69, 9.17) is 0 Å². The van der Waals surface area contributed by atoms with Gasteiger partial charge in [-0.25, -0.2) is 0 Å². The Morgan fingerprint density at radius 2 is 1.56 bits per heavy atom.